The number of ether oxygens (including phenoxy) is 2. The van der Waals surface area contributed by atoms with Crippen molar-refractivity contribution in [3.8, 4) is 5.88 Å². The van der Waals surface area contributed by atoms with Crippen molar-refractivity contribution in [1.29, 1.82) is 0 Å². The minimum atomic E-state index is -0.339. The largest absolute Gasteiger partial charge is 0.481 e. The van der Waals surface area contributed by atoms with Gasteiger partial charge in [-0.3, -0.25) is 4.68 Å². The van der Waals surface area contributed by atoms with E-state index in [0.717, 1.165) is 0 Å². The fraction of sp³-hybridized carbons (Fsp3) is 0.235. The van der Waals surface area contributed by atoms with Crippen LogP contribution in [0.15, 0.2) is 36.7 Å². The Kier molecular flexibility index (Phi) is 5.65. The molecule has 26 heavy (non-hydrogen) atoms. The minimum Gasteiger partial charge on any atom is -0.481 e. The van der Waals surface area contributed by atoms with Gasteiger partial charge in [-0.15, -0.1) is 0 Å². The highest BCUT2D eigenvalue weighted by Gasteiger charge is 2.08. The molecule has 0 saturated heterocycles. The first-order chi connectivity index (χ1) is 12.6. The van der Waals surface area contributed by atoms with E-state index in [2.05, 4.69) is 20.4 Å². The second kappa shape index (κ2) is 8.11. The van der Waals surface area contributed by atoms with Gasteiger partial charge in [0.05, 0.1) is 25.5 Å². The molecule has 0 atom stereocenters. The maximum atomic E-state index is 13.4. The molecule has 0 fully saturated rings. The van der Waals surface area contributed by atoms with Crippen molar-refractivity contribution in [1.82, 2.24) is 19.7 Å². The fourth-order valence-corrected chi connectivity index (χ4v) is 2.51. The first-order valence-electron chi connectivity index (χ1n) is 7.71. The summed E-state index contributed by atoms with van der Waals surface area (Å²) in [5, 5.41) is 7.87. The molecule has 0 aliphatic heterocycles. The predicted molar refractivity (Wildman–Crippen MR) is 95.3 cm³/mol. The van der Waals surface area contributed by atoms with Crippen molar-refractivity contribution in [2.75, 3.05) is 19.5 Å². The quantitative estimate of drug-likeness (QED) is 0.680. The summed E-state index contributed by atoms with van der Waals surface area (Å²) in [6.07, 6.45) is 3.41. The van der Waals surface area contributed by atoms with Gasteiger partial charge in [0.25, 0.3) is 0 Å². The number of hydrogen-bond acceptors (Lipinski definition) is 6. The lowest BCUT2D eigenvalue weighted by molar-refractivity contribution is 0.177. The van der Waals surface area contributed by atoms with E-state index in [-0.39, 0.29) is 12.4 Å². The standard InChI is InChI=1S/C17H17ClFN5O2/c1-25-10-16-22-15(6-17(23-16)26-2)21-13-7-20-24(9-13)8-11-5-12(19)3-4-14(11)18/h3-7,9H,8,10H2,1-2H3,(H,21,22,23). The molecule has 0 amide bonds. The van der Waals surface area contributed by atoms with Crippen LogP contribution in [0, 0.1) is 5.82 Å². The SMILES string of the molecule is COCc1nc(Nc2cnn(Cc3cc(F)ccc3Cl)c2)cc(OC)n1. The normalized spacial score (nSPS) is 10.8. The van der Waals surface area contributed by atoms with Crippen molar-refractivity contribution in [3.05, 3.63) is 58.9 Å². The van der Waals surface area contributed by atoms with Crippen LogP contribution in [0.1, 0.15) is 11.4 Å². The van der Waals surface area contributed by atoms with Crippen molar-refractivity contribution in [2.45, 2.75) is 13.2 Å². The van der Waals surface area contributed by atoms with Gasteiger partial charge in [-0.1, -0.05) is 11.6 Å². The van der Waals surface area contributed by atoms with Crippen molar-refractivity contribution in [2.24, 2.45) is 0 Å². The summed E-state index contributed by atoms with van der Waals surface area (Å²) >= 11 is 6.10. The smallest absolute Gasteiger partial charge is 0.218 e. The first-order valence-corrected chi connectivity index (χ1v) is 8.09. The molecule has 0 radical (unpaired) electrons. The highest BCUT2D eigenvalue weighted by atomic mass is 35.5. The second-order valence-electron chi connectivity index (χ2n) is 5.43. The van der Waals surface area contributed by atoms with Crippen molar-refractivity contribution < 1.29 is 13.9 Å². The van der Waals surface area contributed by atoms with E-state index < -0.39 is 0 Å². The summed E-state index contributed by atoms with van der Waals surface area (Å²) in [5.74, 6) is 1.13. The summed E-state index contributed by atoms with van der Waals surface area (Å²) in [4.78, 5) is 8.54. The number of nitrogens with one attached hydrogen (secondary N) is 1. The molecule has 0 bridgehead atoms. The van der Waals surface area contributed by atoms with Gasteiger partial charge in [0.1, 0.15) is 18.2 Å². The molecule has 1 N–H and O–H groups in total. The lowest BCUT2D eigenvalue weighted by Crippen LogP contribution is -2.03. The molecule has 0 aliphatic carbocycles. The van der Waals surface area contributed by atoms with Crippen LogP contribution in [-0.2, 0) is 17.9 Å². The Bertz CT molecular complexity index is 903. The number of aromatic nitrogens is 4. The molecule has 3 rings (SSSR count). The van der Waals surface area contributed by atoms with Crippen LogP contribution in [0.4, 0.5) is 15.9 Å². The number of rotatable bonds is 7. The third-order valence-corrected chi connectivity index (χ3v) is 3.85. The van der Waals surface area contributed by atoms with Crippen LogP contribution in [0.3, 0.4) is 0 Å². The van der Waals surface area contributed by atoms with Gasteiger partial charge in [0.2, 0.25) is 5.88 Å². The third-order valence-electron chi connectivity index (χ3n) is 3.48. The van der Waals surface area contributed by atoms with E-state index in [1.54, 1.807) is 30.3 Å². The zero-order valence-electron chi connectivity index (χ0n) is 14.2. The van der Waals surface area contributed by atoms with Gasteiger partial charge >= 0.3 is 0 Å². The predicted octanol–water partition coefficient (Wildman–Crippen LogP) is 3.41. The minimum absolute atomic E-state index is 0.267. The number of anilines is 2. The van der Waals surface area contributed by atoms with E-state index in [1.165, 1.54) is 25.3 Å². The zero-order chi connectivity index (χ0) is 18.5. The molecule has 0 aliphatic rings. The lowest BCUT2D eigenvalue weighted by atomic mass is 10.2. The molecule has 2 heterocycles. The van der Waals surface area contributed by atoms with Crippen LogP contribution in [0.2, 0.25) is 5.02 Å². The number of halogens is 2. The fourth-order valence-electron chi connectivity index (χ4n) is 2.34. The average molecular weight is 378 g/mol. The molecule has 0 spiro atoms. The highest BCUT2D eigenvalue weighted by molar-refractivity contribution is 6.31. The highest BCUT2D eigenvalue weighted by Crippen LogP contribution is 2.21. The Hall–Kier alpha value is -2.71. The van der Waals surface area contributed by atoms with Gasteiger partial charge in [-0.05, 0) is 23.8 Å². The van der Waals surface area contributed by atoms with E-state index in [4.69, 9.17) is 21.1 Å². The monoisotopic (exact) mass is 377 g/mol. The summed E-state index contributed by atoms with van der Waals surface area (Å²) in [6.45, 7) is 0.615. The van der Waals surface area contributed by atoms with Crippen molar-refractivity contribution >= 4 is 23.1 Å². The lowest BCUT2D eigenvalue weighted by Gasteiger charge is -2.08. The van der Waals surface area contributed by atoms with Gasteiger partial charge in [0, 0.05) is 24.4 Å². The summed E-state index contributed by atoms with van der Waals surface area (Å²) < 4.78 is 25.3. The summed E-state index contributed by atoms with van der Waals surface area (Å²) in [6, 6.07) is 5.91. The maximum Gasteiger partial charge on any atom is 0.218 e. The molecule has 136 valence electrons. The zero-order valence-corrected chi connectivity index (χ0v) is 15.0. The number of nitrogens with zero attached hydrogens (tertiary/aromatic N) is 4. The number of hydrogen-bond donors (Lipinski definition) is 1. The molecule has 9 heteroatoms. The van der Waals surface area contributed by atoms with Crippen LogP contribution in [0.5, 0.6) is 5.88 Å². The maximum absolute atomic E-state index is 13.4. The first kappa shape index (κ1) is 18.1. The van der Waals surface area contributed by atoms with Crippen molar-refractivity contribution in [3.63, 3.8) is 0 Å². The molecule has 0 unspecified atom stereocenters. The van der Waals surface area contributed by atoms with Gasteiger partial charge < -0.3 is 14.8 Å². The molecule has 3 aromatic rings. The molecule has 1 aromatic carbocycles. The van der Waals surface area contributed by atoms with Crippen LogP contribution in [0.25, 0.3) is 0 Å². The van der Waals surface area contributed by atoms with Crippen LogP contribution < -0.4 is 10.1 Å². The molecule has 2 aromatic heterocycles. The van der Waals surface area contributed by atoms with E-state index in [0.29, 0.717) is 40.3 Å². The topological polar surface area (TPSA) is 74.1 Å². The molecular weight excluding hydrogens is 361 g/mol. The summed E-state index contributed by atoms with van der Waals surface area (Å²) in [5.41, 5.74) is 1.36. The Balaban J connectivity index is 1.76. The third kappa shape index (κ3) is 4.47. The number of benzene rings is 1. The van der Waals surface area contributed by atoms with Gasteiger partial charge in [-0.25, -0.2) is 9.37 Å². The Morgan fingerprint density at radius 2 is 2.08 bits per heavy atom. The van der Waals surface area contributed by atoms with Gasteiger partial charge in [-0.2, -0.15) is 10.1 Å². The van der Waals surface area contributed by atoms with Crippen LogP contribution >= 0.6 is 11.6 Å². The molecular formula is C17H17ClFN5O2. The van der Waals surface area contributed by atoms with E-state index in [9.17, 15) is 4.39 Å². The van der Waals surface area contributed by atoms with Gasteiger partial charge in [0.15, 0.2) is 5.82 Å². The Labute approximate surface area is 154 Å². The van der Waals surface area contributed by atoms with E-state index in [1.807, 2.05) is 0 Å². The molecule has 0 saturated carbocycles. The molecule has 7 nitrogen and oxygen atoms in total. The Morgan fingerprint density at radius 3 is 2.85 bits per heavy atom. The van der Waals surface area contributed by atoms with Crippen LogP contribution in [-0.4, -0.2) is 34.0 Å². The Morgan fingerprint density at radius 1 is 1.23 bits per heavy atom. The summed E-state index contributed by atoms with van der Waals surface area (Å²) in [7, 11) is 3.10. The average Bonchev–Trinajstić information content (AvgIpc) is 3.05. The van der Waals surface area contributed by atoms with E-state index >= 15 is 0 Å². The number of methoxy groups -OCH3 is 2. The second-order valence-corrected chi connectivity index (χ2v) is 5.84.